The molecule has 1 nitrogen and oxygen atoms in total. The van der Waals surface area contributed by atoms with Gasteiger partial charge in [0.1, 0.15) is 5.75 Å². The van der Waals surface area contributed by atoms with Gasteiger partial charge in [-0.2, -0.15) is 0 Å². The van der Waals surface area contributed by atoms with Crippen LogP contribution < -0.4 is 4.74 Å². The molecule has 2 aromatic carbocycles. The molecule has 0 fully saturated rings. The highest BCUT2D eigenvalue weighted by atomic mass is 32.1. The van der Waals surface area contributed by atoms with Crippen molar-refractivity contribution in [3.63, 3.8) is 0 Å². The van der Waals surface area contributed by atoms with E-state index in [9.17, 15) is 0 Å². The minimum atomic E-state index is 0.713. The first-order valence-electron chi connectivity index (χ1n) is 7.37. The summed E-state index contributed by atoms with van der Waals surface area (Å²) in [7, 11) is 0. The highest BCUT2D eigenvalue weighted by Crippen LogP contribution is 2.31. The number of hydrogen-bond donors (Lipinski definition) is 0. The maximum atomic E-state index is 5.58. The molecule has 108 valence electrons. The smallest absolute Gasteiger partial charge is 0.119 e. The van der Waals surface area contributed by atoms with Gasteiger partial charge in [-0.15, -0.1) is 11.3 Å². The predicted molar refractivity (Wildman–Crippen MR) is 91.7 cm³/mol. The van der Waals surface area contributed by atoms with Crippen LogP contribution in [0, 0.1) is 13.8 Å². The lowest BCUT2D eigenvalue weighted by Gasteiger charge is -2.05. The third kappa shape index (κ3) is 3.11. The van der Waals surface area contributed by atoms with Gasteiger partial charge in [0.15, 0.2) is 0 Å². The zero-order chi connectivity index (χ0) is 14.8. The van der Waals surface area contributed by atoms with E-state index in [1.54, 1.807) is 0 Å². The van der Waals surface area contributed by atoms with Gasteiger partial charge in [-0.25, -0.2) is 0 Å². The number of ether oxygens (including phenoxy) is 1. The Morgan fingerprint density at radius 2 is 1.86 bits per heavy atom. The zero-order valence-electron chi connectivity index (χ0n) is 12.8. The van der Waals surface area contributed by atoms with Crippen molar-refractivity contribution in [3.8, 4) is 5.75 Å². The number of thiophene rings is 1. The first-order chi connectivity index (χ1) is 10.2. The normalized spacial score (nSPS) is 11.0. The van der Waals surface area contributed by atoms with Gasteiger partial charge in [-0.1, -0.05) is 23.8 Å². The molecule has 0 saturated heterocycles. The Hall–Kier alpha value is -1.80. The number of fused-ring (bicyclic) bond motifs is 1. The van der Waals surface area contributed by atoms with Gasteiger partial charge in [0.05, 0.1) is 6.61 Å². The zero-order valence-corrected chi connectivity index (χ0v) is 13.6. The van der Waals surface area contributed by atoms with Crippen LogP contribution in [0.15, 0.2) is 42.5 Å². The first-order valence-corrected chi connectivity index (χ1v) is 8.19. The fraction of sp³-hybridized carbons (Fsp3) is 0.263. The second-order valence-electron chi connectivity index (χ2n) is 5.45. The van der Waals surface area contributed by atoms with Crippen LogP contribution in [0.4, 0.5) is 0 Å². The lowest BCUT2D eigenvalue weighted by molar-refractivity contribution is 0.341. The van der Waals surface area contributed by atoms with Gasteiger partial charge in [0.25, 0.3) is 0 Å². The van der Waals surface area contributed by atoms with E-state index in [2.05, 4.69) is 56.3 Å². The largest absolute Gasteiger partial charge is 0.494 e. The molecule has 0 unspecified atom stereocenters. The third-order valence-corrected chi connectivity index (χ3v) is 4.84. The van der Waals surface area contributed by atoms with E-state index < -0.39 is 0 Å². The van der Waals surface area contributed by atoms with E-state index in [-0.39, 0.29) is 0 Å². The number of rotatable bonds is 4. The second kappa shape index (κ2) is 5.90. The fourth-order valence-corrected chi connectivity index (χ4v) is 3.67. The van der Waals surface area contributed by atoms with E-state index in [1.165, 1.54) is 31.7 Å². The van der Waals surface area contributed by atoms with E-state index in [0.717, 1.165) is 12.2 Å². The summed E-state index contributed by atoms with van der Waals surface area (Å²) in [6.07, 6.45) is 1.01. The standard InChI is InChI=1S/C19H20OS/c1-4-20-17-7-8-19-16(10-17)12-18(21-19)11-15-9-13(2)5-6-14(15)3/h5-10,12H,4,11H2,1-3H3. The molecule has 0 spiro atoms. The Morgan fingerprint density at radius 3 is 2.67 bits per heavy atom. The molecule has 3 rings (SSSR count). The molecule has 1 aromatic heterocycles. The highest BCUT2D eigenvalue weighted by molar-refractivity contribution is 7.19. The van der Waals surface area contributed by atoms with Gasteiger partial charge in [0.2, 0.25) is 0 Å². The average Bonchev–Trinajstić information content (AvgIpc) is 2.85. The summed E-state index contributed by atoms with van der Waals surface area (Å²) < 4.78 is 6.91. The maximum Gasteiger partial charge on any atom is 0.119 e. The molecule has 0 aliphatic rings. The van der Waals surface area contributed by atoms with Crippen molar-refractivity contribution < 1.29 is 4.74 Å². The molecule has 3 aromatic rings. The maximum absolute atomic E-state index is 5.58. The topological polar surface area (TPSA) is 9.23 Å². The van der Waals surface area contributed by atoms with Crippen LogP contribution in [0.25, 0.3) is 10.1 Å². The van der Waals surface area contributed by atoms with Crippen LogP contribution >= 0.6 is 11.3 Å². The van der Waals surface area contributed by atoms with Gasteiger partial charge >= 0.3 is 0 Å². The summed E-state index contributed by atoms with van der Waals surface area (Å²) in [5, 5.41) is 1.28. The molecule has 1 heterocycles. The molecule has 0 aliphatic heterocycles. The summed E-state index contributed by atoms with van der Waals surface area (Å²) >= 11 is 1.88. The summed E-state index contributed by atoms with van der Waals surface area (Å²) in [5.74, 6) is 0.959. The predicted octanol–water partition coefficient (Wildman–Crippen LogP) is 5.51. The Balaban J connectivity index is 1.92. The van der Waals surface area contributed by atoms with Crippen molar-refractivity contribution in [1.29, 1.82) is 0 Å². The minimum Gasteiger partial charge on any atom is -0.494 e. The van der Waals surface area contributed by atoms with Crippen LogP contribution in [0.5, 0.6) is 5.75 Å². The Morgan fingerprint density at radius 1 is 1.00 bits per heavy atom. The summed E-state index contributed by atoms with van der Waals surface area (Å²) in [6.45, 7) is 7.08. The lowest BCUT2D eigenvalue weighted by atomic mass is 10.0. The monoisotopic (exact) mass is 296 g/mol. The van der Waals surface area contributed by atoms with E-state index in [1.807, 2.05) is 18.3 Å². The molecular formula is C19H20OS. The van der Waals surface area contributed by atoms with E-state index >= 15 is 0 Å². The molecule has 0 saturated carbocycles. The first kappa shape index (κ1) is 14.2. The van der Waals surface area contributed by atoms with Crippen LogP contribution in [0.1, 0.15) is 28.5 Å². The van der Waals surface area contributed by atoms with E-state index in [4.69, 9.17) is 4.74 Å². The van der Waals surface area contributed by atoms with Gasteiger partial charge < -0.3 is 4.74 Å². The van der Waals surface area contributed by atoms with Crippen LogP contribution in [0.2, 0.25) is 0 Å². The SMILES string of the molecule is CCOc1ccc2sc(Cc3cc(C)ccc3C)cc2c1. The van der Waals surface area contributed by atoms with Crippen LogP contribution in [0.3, 0.4) is 0 Å². The van der Waals surface area contributed by atoms with Crippen molar-refractivity contribution in [2.24, 2.45) is 0 Å². The molecule has 21 heavy (non-hydrogen) atoms. The van der Waals surface area contributed by atoms with Gasteiger partial charge in [0, 0.05) is 16.0 Å². The van der Waals surface area contributed by atoms with Gasteiger partial charge in [-0.05, 0) is 61.5 Å². The molecule has 0 radical (unpaired) electrons. The molecule has 2 heteroatoms. The molecule has 0 aliphatic carbocycles. The molecular weight excluding hydrogens is 276 g/mol. The summed E-state index contributed by atoms with van der Waals surface area (Å²) in [6, 6.07) is 15.3. The quantitative estimate of drug-likeness (QED) is 0.617. The Bertz CT molecular complexity index is 770. The number of aryl methyl sites for hydroxylation is 2. The Labute approximate surface area is 130 Å². The van der Waals surface area contributed by atoms with Crippen molar-refractivity contribution in [3.05, 3.63) is 64.0 Å². The van der Waals surface area contributed by atoms with Crippen molar-refractivity contribution in [2.45, 2.75) is 27.2 Å². The molecule has 0 atom stereocenters. The van der Waals surface area contributed by atoms with E-state index in [0.29, 0.717) is 6.61 Å². The molecule has 0 N–H and O–H groups in total. The minimum absolute atomic E-state index is 0.713. The average molecular weight is 296 g/mol. The summed E-state index contributed by atoms with van der Waals surface area (Å²) in [5.41, 5.74) is 4.12. The third-order valence-electron chi connectivity index (χ3n) is 3.72. The van der Waals surface area contributed by atoms with Gasteiger partial charge in [-0.3, -0.25) is 0 Å². The Kier molecular flexibility index (Phi) is 3.98. The van der Waals surface area contributed by atoms with Crippen LogP contribution in [-0.4, -0.2) is 6.61 Å². The number of hydrogen-bond acceptors (Lipinski definition) is 2. The van der Waals surface area contributed by atoms with Crippen molar-refractivity contribution in [2.75, 3.05) is 6.61 Å². The van der Waals surface area contributed by atoms with Crippen LogP contribution in [-0.2, 0) is 6.42 Å². The van der Waals surface area contributed by atoms with Crippen molar-refractivity contribution in [1.82, 2.24) is 0 Å². The van der Waals surface area contributed by atoms with Crippen molar-refractivity contribution >= 4 is 21.4 Å². The number of benzene rings is 2. The highest BCUT2D eigenvalue weighted by Gasteiger charge is 2.06. The second-order valence-corrected chi connectivity index (χ2v) is 6.62. The molecule has 0 amide bonds. The lowest BCUT2D eigenvalue weighted by Crippen LogP contribution is -1.90. The summed E-state index contributed by atoms with van der Waals surface area (Å²) in [4.78, 5) is 1.41. The fourth-order valence-electron chi connectivity index (χ4n) is 2.60. The molecule has 0 bridgehead atoms.